The Labute approximate surface area is 129 Å². The third-order valence-electron chi connectivity index (χ3n) is 4.92. The third kappa shape index (κ3) is 2.05. The predicted octanol–water partition coefficient (Wildman–Crippen LogP) is 4.23. The van der Waals surface area contributed by atoms with Gasteiger partial charge in [-0.05, 0) is 60.2 Å². The van der Waals surface area contributed by atoms with Crippen LogP contribution in [-0.2, 0) is 0 Å². The van der Waals surface area contributed by atoms with E-state index in [1.807, 2.05) is 18.2 Å². The van der Waals surface area contributed by atoms with Crippen LogP contribution in [0.1, 0.15) is 41.5 Å². The Morgan fingerprint density at radius 3 is 2.76 bits per heavy atom. The van der Waals surface area contributed by atoms with Gasteiger partial charge in [0.25, 0.3) is 0 Å². The fourth-order valence-electron chi connectivity index (χ4n) is 4.08. The van der Waals surface area contributed by atoms with E-state index in [0.29, 0.717) is 23.6 Å². The molecule has 0 amide bonds. The molecule has 2 aliphatic rings. The number of phenolic OH excluding ortho intramolecular Hbond substituents is 1. The summed E-state index contributed by atoms with van der Waals surface area (Å²) < 4.78 is 0. The van der Waals surface area contributed by atoms with Crippen LogP contribution in [0.25, 0.3) is 0 Å². The first-order valence-electron chi connectivity index (χ1n) is 7.56. The minimum atomic E-state index is 0.326. The quantitative estimate of drug-likeness (QED) is 0.826. The number of benzene rings is 2. The molecule has 1 fully saturated rings. The molecule has 1 aliphatic heterocycles. The van der Waals surface area contributed by atoms with Crippen LogP contribution in [0.2, 0.25) is 5.02 Å². The molecule has 0 bridgehead atoms. The SMILES string of the molecule is Oc1ccc2c(c1)C1NCCCC1C2c1ccccc1Cl. The number of nitrogens with one attached hydrogen (secondary N) is 1. The van der Waals surface area contributed by atoms with E-state index in [1.165, 1.54) is 29.5 Å². The van der Waals surface area contributed by atoms with Gasteiger partial charge in [0.1, 0.15) is 5.75 Å². The monoisotopic (exact) mass is 299 g/mol. The molecule has 1 saturated heterocycles. The Bertz CT molecular complexity index is 685. The summed E-state index contributed by atoms with van der Waals surface area (Å²) in [6.07, 6.45) is 2.39. The summed E-state index contributed by atoms with van der Waals surface area (Å²) in [7, 11) is 0. The number of phenols is 1. The first-order chi connectivity index (χ1) is 10.3. The van der Waals surface area contributed by atoms with Crippen LogP contribution >= 0.6 is 11.6 Å². The summed E-state index contributed by atoms with van der Waals surface area (Å²) in [5.41, 5.74) is 3.76. The maximum absolute atomic E-state index is 9.84. The van der Waals surface area contributed by atoms with Gasteiger partial charge in [-0.1, -0.05) is 35.9 Å². The molecule has 2 N–H and O–H groups in total. The van der Waals surface area contributed by atoms with E-state index >= 15 is 0 Å². The summed E-state index contributed by atoms with van der Waals surface area (Å²) >= 11 is 6.46. The molecule has 3 atom stereocenters. The van der Waals surface area contributed by atoms with Gasteiger partial charge in [-0.15, -0.1) is 0 Å². The predicted molar refractivity (Wildman–Crippen MR) is 84.9 cm³/mol. The normalized spacial score (nSPS) is 27.2. The van der Waals surface area contributed by atoms with Crippen molar-refractivity contribution >= 4 is 11.6 Å². The first-order valence-corrected chi connectivity index (χ1v) is 7.94. The lowest BCUT2D eigenvalue weighted by Gasteiger charge is -2.31. The molecule has 0 saturated carbocycles. The van der Waals surface area contributed by atoms with Gasteiger partial charge >= 0.3 is 0 Å². The average Bonchev–Trinajstić information content (AvgIpc) is 2.82. The van der Waals surface area contributed by atoms with E-state index in [1.54, 1.807) is 6.07 Å². The number of fused-ring (bicyclic) bond motifs is 3. The molecule has 108 valence electrons. The van der Waals surface area contributed by atoms with E-state index in [-0.39, 0.29) is 0 Å². The number of hydrogen-bond acceptors (Lipinski definition) is 2. The lowest BCUT2D eigenvalue weighted by molar-refractivity contribution is 0.286. The number of halogens is 1. The highest BCUT2D eigenvalue weighted by atomic mass is 35.5. The Morgan fingerprint density at radius 1 is 1.05 bits per heavy atom. The Morgan fingerprint density at radius 2 is 1.90 bits per heavy atom. The zero-order valence-corrected chi connectivity index (χ0v) is 12.5. The van der Waals surface area contributed by atoms with Crippen molar-refractivity contribution in [3.05, 3.63) is 64.2 Å². The third-order valence-corrected chi connectivity index (χ3v) is 5.26. The molecule has 0 spiro atoms. The summed E-state index contributed by atoms with van der Waals surface area (Å²) in [6, 6.07) is 14.3. The fraction of sp³-hybridized carbons (Fsp3) is 0.333. The molecular weight excluding hydrogens is 282 g/mol. The van der Waals surface area contributed by atoms with Crippen LogP contribution in [0.4, 0.5) is 0 Å². The molecule has 2 nitrogen and oxygen atoms in total. The van der Waals surface area contributed by atoms with Crippen molar-refractivity contribution in [1.29, 1.82) is 0 Å². The maximum Gasteiger partial charge on any atom is 0.115 e. The molecule has 2 aromatic carbocycles. The van der Waals surface area contributed by atoms with Gasteiger partial charge in [0.2, 0.25) is 0 Å². The van der Waals surface area contributed by atoms with E-state index in [4.69, 9.17) is 11.6 Å². The topological polar surface area (TPSA) is 32.3 Å². The molecule has 1 aliphatic carbocycles. The molecule has 4 rings (SSSR count). The molecule has 0 radical (unpaired) electrons. The van der Waals surface area contributed by atoms with Crippen molar-refractivity contribution in [3.63, 3.8) is 0 Å². The van der Waals surface area contributed by atoms with Crippen LogP contribution in [0.3, 0.4) is 0 Å². The van der Waals surface area contributed by atoms with Gasteiger partial charge in [-0.3, -0.25) is 0 Å². The number of aromatic hydroxyl groups is 1. The molecule has 3 unspecified atom stereocenters. The Hall–Kier alpha value is -1.51. The zero-order valence-electron chi connectivity index (χ0n) is 11.7. The lowest BCUT2D eigenvalue weighted by Crippen LogP contribution is -2.32. The van der Waals surface area contributed by atoms with Gasteiger partial charge in [-0.25, -0.2) is 0 Å². The van der Waals surface area contributed by atoms with Crippen LogP contribution in [0.5, 0.6) is 5.75 Å². The van der Waals surface area contributed by atoms with Crippen LogP contribution in [0.15, 0.2) is 42.5 Å². The van der Waals surface area contributed by atoms with Gasteiger partial charge in [0.15, 0.2) is 0 Å². The minimum absolute atomic E-state index is 0.326. The van der Waals surface area contributed by atoms with Gasteiger partial charge in [-0.2, -0.15) is 0 Å². The van der Waals surface area contributed by atoms with Crippen molar-refractivity contribution in [3.8, 4) is 5.75 Å². The average molecular weight is 300 g/mol. The van der Waals surface area contributed by atoms with Crippen molar-refractivity contribution in [1.82, 2.24) is 5.32 Å². The van der Waals surface area contributed by atoms with Crippen molar-refractivity contribution in [2.75, 3.05) is 6.54 Å². The van der Waals surface area contributed by atoms with Crippen LogP contribution in [-0.4, -0.2) is 11.7 Å². The minimum Gasteiger partial charge on any atom is -0.508 e. The molecule has 0 aromatic heterocycles. The highest BCUT2D eigenvalue weighted by Crippen LogP contribution is 2.53. The van der Waals surface area contributed by atoms with Gasteiger partial charge in [0, 0.05) is 17.0 Å². The van der Waals surface area contributed by atoms with Gasteiger partial charge < -0.3 is 10.4 Å². The first kappa shape index (κ1) is 13.2. The largest absolute Gasteiger partial charge is 0.508 e. The molecule has 3 heteroatoms. The van der Waals surface area contributed by atoms with Crippen molar-refractivity contribution in [2.24, 2.45) is 5.92 Å². The van der Waals surface area contributed by atoms with Crippen LogP contribution < -0.4 is 5.32 Å². The standard InChI is InChI=1S/C18H18ClNO/c19-16-6-2-1-4-13(16)17-12-8-7-11(21)10-15(12)18-14(17)5-3-9-20-18/h1-2,4,6-8,10,14,17-18,20-21H,3,5,9H2. The second-order valence-corrected chi connectivity index (χ2v) is 6.46. The van der Waals surface area contributed by atoms with E-state index < -0.39 is 0 Å². The summed E-state index contributed by atoms with van der Waals surface area (Å²) in [5, 5.41) is 14.3. The second-order valence-electron chi connectivity index (χ2n) is 6.05. The van der Waals surface area contributed by atoms with Crippen molar-refractivity contribution < 1.29 is 5.11 Å². The zero-order chi connectivity index (χ0) is 14.4. The molecule has 21 heavy (non-hydrogen) atoms. The van der Waals surface area contributed by atoms with Gasteiger partial charge in [0.05, 0.1) is 0 Å². The lowest BCUT2D eigenvalue weighted by atomic mass is 9.80. The fourth-order valence-corrected chi connectivity index (χ4v) is 4.34. The highest BCUT2D eigenvalue weighted by molar-refractivity contribution is 6.31. The number of hydrogen-bond donors (Lipinski definition) is 2. The smallest absolute Gasteiger partial charge is 0.115 e. The summed E-state index contributed by atoms with van der Waals surface area (Å²) in [5.74, 6) is 1.20. The van der Waals surface area contributed by atoms with Crippen molar-refractivity contribution in [2.45, 2.75) is 24.8 Å². The number of piperidine rings is 1. The molecular formula is C18H18ClNO. The highest BCUT2D eigenvalue weighted by Gasteiger charge is 2.43. The molecule has 1 heterocycles. The Balaban J connectivity index is 1.89. The van der Waals surface area contributed by atoms with E-state index in [2.05, 4.69) is 23.5 Å². The van der Waals surface area contributed by atoms with E-state index in [0.717, 1.165) is 11.6 Å². The summed E-state index contributed by atoms with van der Waals surface area (Å²) in [4.78, 5) is 0. The maximum atomic E-state index is 9.84. The Kier molecular flexibility index (Phi) is 3.16. The van der Waals surface area contributed by atoms with Crippen LogP contribution in [0, 0.1) is 5.92 Å². The second kappa shape index (κ2) is 5.04. The number of rotatable bonds is 1. The molecule has 2 aromatic rings. The van der Waals surface area contributed by atoms with E-state index in [9.17, 15) is 5.11 Å². The summed E-state index contributed by atoms with van der Waals surface area (Å²) in [6.45, 7) is 1.05.